The van der Waals surface area contributed by atoms with Crippen LogP contribution in [0.5, 0.6) is 0 Å². The van der Waals surface area contributed by atoms with Gasteiger partial charge in [0.2, 0.25) is 0 Å². The summed E-state index contributed by atoms with van der Waals surface area (Å²) in [4.78, 5) is 24.4. The summed E-state index contributed by atoms with van der Waals surface area (Å²) < 4.78 is 21.8. The van der Waals surface area contributed by atoms with Crippen molar-refractivity contribution in [2.75, 3.05) is 7.11 Å². The van der Waals surface area contributed by atoms with Crippen molar-refractivity contribution in [1.29, 1.82) is 0 Å². The van der Waals surface area contributed by atoms with E-state index in [0.29, 0.717) is 6.42 Å². The van der Waals surface area contributed by atoms with Crippen LogP contribution in [0, 0.1) is 11.8 Å². The highest BCUT2D eigenvalue weighted by Gasteiger charge is 2.59. The Balaban J connectivity index is 2.19. The molecule has 6 nitrogen and oxygen atoms in total. The van der Waals surface area contributed by atoms with E-state index in [1.54, 1.807) is 34.6 Å². The normalized spacial score (nSPS) is 34.4. The average Bonchev–Trinajstić information content (AvgIpc) is 2.77. The predicted molar refractivity (Wildman–Crippen MR) is 73.3 cm³/mol. The summed E-state index contributed by atoms with van der Waals surface area (Å²) >= 11 is 0. The number of esters is 2. The van der Waals surface area contributed by atoms with Gasteiger partial charge in [-0.15, -0.1) is 0 Å². The molecule has 0 aromatic carbocycles. The third-order valence-corrected chi connectivity index (χ3v) is 3.68. The quantitative estimate of drug-likeness (QED) is 0.722. The fraction of sp³-hybridized carbons (Fsp3) is 0.867. The van der Waals surface area contributed by atoms with Gasteiger partial charge in [0.1, 0.15) is 11.7 Å². The molecule has 120 valence electrons. The molecule has 1 aliphatic carbocycles. The molecule has 0 radical (unpaired) electrons. The predicted octanol–water partition coefficient (Wildman–Crippen LogP) is 1.66. The molecule has 21 heavy (non-hydrogen) atoms. The zero-order chi connectivity index (χ0) is 16.0. The summed E-state index contributed by atoms with van der Waals surface area (Å²) in [5, 5.41) is 0. The van der Waals surface area contributed by atoms with E-state index in [2.05, 4.69) is 0 Å². The van der Waals surface area contributed by atoms with Crippen LogP contribution in [0.25, 0.3) is 0 Å². The zero-order valence-corrected chi connectivity index (χ0v) is 13.5. The second-order valence-electron chi connectivity index (χ2n) is 7.06. The van der Waals surface area contributed by atoms with Crippen molar-refractivity contribution in [3.8, 4) is 0 Å². The van der Waals surface area contributed by atoms with Crippen molar-refractivity contribution in [3.63, 3.8) is 0 Å². The van der Waals surface area contributed by atoms with Crippen molar-refractivity contribution < 1.29 is 28.5 Å². The van der Waals surface area contributed by atoms with Crippen molar-refractivity contribution in [1.82, 2.24) is 0 Å². The third kappa shape index (κ3) is 3.37. The lowest BCUT2D eigenvalue weighted by Crippen LogP contribution is -2.39. The first-order valence-electron chi connectivity index (χ1n) is 7.20. The number of methoxy groups -OCH3 is 1. The van der Waals surface area contributed by atoms with E-state index >= 15 is 0 Å². The molecule has 2 rings (SSSR count). The molecule has 0 bridgehead atoms. The molecule has 1 aliphatic heterocycles. The van der Waals surface area contributed by atoms with E-state index in [0.717, 1.165) is 0 Å². The first kappa shape index (κ1) is 16.2. The minimum Gasteiger partial charge on any atom is -0.469 e. The Bertz CT molecular complexity index is 436. The smallest absolute Gasteiger partial charge is 0.312 e. The third-order valence-electron chi connectivity index (χ3n) is 3.68. The number of ether oxygens (including phenoxy) is 4. The van der Waals surface area contributed by atoms with Crippen molar-refractivity contribution in [3.05, 3.63) is 0 Å². The maximum Gasteiger partial charge on any atom is 0.312 e. The molecule has 0 N–H and O–H groups in total. The number of carbonyl (C=O) groups is 2. The van der Waals surface area contributed by atoms with E-state index in [4.69, 9.17) is 18.9 Å². The van der Waals surface area contributed by atoms with Crippen LogP contribution < -0.4 is 0 Å². The summed E-state index contributed by atoms with van der Waals surface area (Å²) in [6, 6.07) is 0. The Kier molecular flexibility index (Phi) is 4.06. The van der Waals surface area contributed by atoms with Crippen LogP contribution in [0.4, 0.5) is 0 Å². The minimum absolute atomic E-state index is 0.290. The van der Waals surface area contributed by atoms with Crippen LogP contribution in [0.3, 0.4) is 0 Å². The molecule has 0 spiro atoms. The Hall–Kier alpha value is -1.14. The van der Waals surface area contributed by atoms with Crippen molar-refractivity contribution in [2.24, 2.45) is 11.8 Å². The van der Waals surface area contributed by atoms with Gasteiger partial charge in [0, 0.05) is 0 Å². The molecule has 0 amide bonds. The van der Waals surface area contributed by atoms with Gasteiger partial charge < -0.3 is 18.9 Å². The highest BCUT2D eigenvalue weighted by Crippen LogP contribution is 2.45. The molecule has 2 aliphatic rings. The summed E-state index contributed by atoms with van der Waals surface area (Å²) in [5.74, 6) is -2.89. The first-order chi connectivity index (χ1) is 9.54. The highest BCUT2D eigenvalue weighted by atomic mass is 16.8. The molecular formula is C15H24O6. The molecule has 4 atom stereocenters. The maximum atomic E-state index is 12.3. The van der Waals surface area contributed by atoms with Crippen LogP contribution >= 0.6 is 0 Å². The molecule has 0 aromatic rings. The van der Waals surface area contributed by atoms with Gasteiger partial charge in [-0.05, 0) is 41.0 Å². The number of rotatable bonds is 2. The maximum absolute atomic E-state index is 12.3. The van der Waals surface area contributed by atoms with Crippen LogP contribution in [0.2, 0.25) is 0 Å². The first-order valence-corrected chi connectivity index (χ1v) is 7.20. The van der Waals surface area contributed by atoms with Crippen LogP contribution in [-0.2, 0) is 28.5 Å². The van der Waals surface area contributed by atoms with Crippen LogP contribution in [0.15, 0.2) is 0 Å². The fourth-order valence-corrected chi connectivity index (χ4v) is 3.03. The molecule has 1 unspecified atom stereocenters. The standard InChI is InChI=1S/C15H24O6/c1-14(2,3)21-12(16)8-7-9-11(10(8)13(17)18-6)20-15(4,5)19-9/h8-11H,7H2,1-6H3/t8?,9-,10-,11-/m0/s1. The van der Waals surface area contributed by atoms with Crippen LogP contribution in [-0.4, -0.2) is 42.6 Å². The van der Waals surface area contributed by atoms with E-state index in [-0.39, 0.29) is 6.10 Å². The molecule has 0 aromatic heterocycles. The van der Waals surface area contributed by atoms with E-state index in [1.165, 1.54) is 7.11 Å². The molecule has 1 saturated carbocycles. The molecular weight excluding hydrogens is 276 g/mol. The van der Waals surface area contributed by atoms with Crippen molar-refractivity contribution >= 4 is 11.9 Å². The number of hydrogen-bond donors (Lipinski definition) is 0. The lowest BCUT2D eigenvalue weighted by atomic mass is 9.94. The fourth-order valence-electron chi connectivity index (χ4n) is 3.03. The van der Waals surface area contributed by atoms with E-state index in [9.17, 15) is 9.59 Å². The summed E-state index contributed by atoms with van der Waals surface area (Å²) in [7, 11) is 1.31. The molecule has 1 saturated heterocycles. The highest BCUT2D eigenvalue weighted by molar-refractivity contribution is 5.83. The largest absolute Gasteiger partial charge is 0.469 e. The van der Waals surface area contributed by atoms with Gasteiger partial charge in [-0.2, -0.15) is 0 Å². The Morgan fingerprint density at radius 1 is 1.14 bits per heavy atom. The molecule has 1 heterocycles. The second-order valence-corrected chi connectivity index (χ2v) is 7.06. The van der Waals surface area contributed by atoms with Gasteiger partial charge in [0.25, 0.3) is 0 Å². The van der Waals surface area contributed by atoms with E-state index in [1.807, 2.05) is 0 Å². The number of hydrogen-bond acceptors (Lipinski definition) is 6. The summed E-state index contributed by atoms with van der Waals surface area (Å²) in [5.41, 5.74) is -0.601. The van der Waals surface area contributed by atoms with Gasteiger partial charge in [0.15, 0.2) is 5.79 Å². The molecule has 2 fully saturated rings. The number of carbonyl (C=O) groups excluding carboxylic acids is 2. The van der Waals surface area contributed by atoms with E-state index < -0.39 is 41.3 Å². The Labute approximate surface area is 125 Å². The minimum atomic E-state index is -0.749. The SMILES string of the molecule is COC(=O)[C@H]1C(C(=O)OC(C)(C)C)C[C@@H]2OC(C)(C)O[C@@H]21. The monoisotopic (exact) mass is 300 g/mol. The van der Waals surface area contributed by atoms with Crippen molar-refractivity contribution in [2.45, 2.75) is 64.6 Å². The van der Waals surface area contributed by atoms with Gasteiger partial charge >= 0.3 is 11.9 Å². The van der Waals surface area contributed by atoms with Gasteiger partial charge in [-0.1, -0.05) is 0 Å². The van der Waals surface area contributed by atoms with Gasteiger partial charge in [-0.3, -0.25) is 9.59 Å². The number of fused-ring (bicyclic) bond motifs is 1. The van der Waals surface area contributed by atoms with Gasteiger partial charge in [-0.25, -0.2) is 0 Å². The molecule has 6 heteroatoms. The van der Waals surface area contributed by atoms with Gasteiger partial charge in [0.05, 0.1) is 25.0 Å². The zero-order valence-electron chi connectivity index (χ0n) is 13.5. The Morgan fingerprint density at radius 2 is 1.76 bits per heavy atom. The average molecular weight is 300 g/mol. The topological polar surface area (TPSA) is 71.1 Å². The summed E-state index contributed by atoms with van der Waals surface area (Å²) in [6.07, 6.45) is -0.352. The van der Waals surface area contributed by atoms with Crippen LogP contribution in [0.1, 0.15) is 41.0 Å². The second kappa shape index (κ2) is 5.25. The lowest BCUT2D eigenvalue weighted by Gasteiger charge is -2.27. The summed E-state index contributed by atoms with van der Waals surface area (Å²) in [6.45, 7) is 8.97. The Morgan fingerprint density at radius 3 is 2.29 bits per heavy atom. The lowest BCUT2D eigenvalue weighted by molar-refractivity contribution is -0.183.